The molecular weight excluding hydrogens is 218 g/mol. The summed E-state index contributed by atoms with van der Waals surface area (Å²) in [7, 11) is 1.56. The molecule has 1 amide bonds. The Kier molecular flexibility index (Phi) is 4.90. The maximum atomic E-state index is 11.6. The molecule has 1 aromatic heterocycles. The third-order valence-electron chi connectivity index (χ3n) is 2.49. The standard InChI is InChI=1S/C12H19N3O2/c1-8(2)11(13)12(16)15-7-9-4-5-10(17-3)14-6-9/h4-6,8,11H,7,13H2,1-3H3,(H,15,16). The summed E-state index contributed by atoms with van der Waals surface area (Å²) in [5.41, 5.74) is 6.63. The van der Waals surface area contributed by atoms with E-state index in [1.54, 1.807) is 19.4 Å². The maximum absolute atomic E-state index is 11.6. The molecule has 0 aliphatic rings. The second kappa shape index (κ2) is 6.20. The second-order valence-corrected chi connectivity index (χ2v) is 4.20. The molecule has 0 spiro atoms. The summed E-state index contributed by atoms with van der Waals surface area (Å²) < 4.78 is 4.95. The highest BCUT2D eigenvalue weighted by Crippen LogP contribution is 2.06. The molecule has 1 unspecified atom stereocenters. The smallest absolute Gasteiger partial charge is 0.237 e. The van der Waals surface area contributed by atoms with Gasteiger partial charge in [-0.05, 0) is 11.5 Å². The van der Waals surface area contributed by atoms with Crippen LogP contribution in [0.3, 0.4) is 0 Å². The first-order valence-corrected chi connectivity index (χ1v) is 5.56. The Balaban J connectivity index is 2.47. The van der Waals surface area contributed by atoms with Gasteiger partial charge in [0, 0.05) is 18.8 Å². The zero-order valence-electron chi connectivity index (χ0n) is 10.4. The molecule has 0 bridgehead atoms. The first-order chi connectivity index (χ1) is 8.04. The van der Waals surface area contributed by atoms with Gasteiger partial charge in [0.25, 0.3) is 0 Å². The van der Waals surface area contributed by atoms with Gasteiger partial charge in [-0.15, -0.1) is 0 Å². The van der Waals surface area contributed by atoms with Gasteiger partial charge in [-0.1, -0.05) is 19.9 Å². The summed E-state index contributed by atoms with van der Waals surface area (Å²) in [5.74, 6) is 0.541. The fourth-order valence-electron chi connectivity index (χ4n) is 1.25. The van der Waals surface area contributed by atoms with Gasteiger partial charge in [-0.3, -0.25) is 4.79 Å². The van der Waals surface area contributed by atoms with Crippen LogP contribution in [0, 0.1) is 5.92 Å². The van der Waals surface area contributed by atoms with Crippen LogP contribution in [0.1, 0.15) is 19.4 Å². The third kappa shape index (κ3) is 4.03. The van der Waals surface area contributed by atoms with Gasteiger partial charge in [0.05, 0.1) is 13.2 Å². The lowest BCUT2D eigenvalue weighted by atomic mass is 10.1. The van der Waals surface area contributed by atoms with Crippen LogP contribution in [0.2, 0.25) is 0 Å². The van der Waals surface area contributed by atoms with Crippen molar-refractivity contribution in [3.8, 4) is 5.88 Å². The summed E-state index contributed by atoms with van der Waals surface area (Å²) in [6.45, 7) is 4.26. The maximum Gasteiger partial charge on any atom is 0.237 e. The van der Waals surface area contributed by atoms with Gasteiger partial charge in [-0.2, -0.15) is 0 Å². The molecule has 5 heteroatoms. The fourth-order valence-corrected chi connectivity index (χ4v) is 1.25. The van der Waals surface area contributed by atoms with Crippen LogP contribution in [0.5, 0.6) is 5.88 Å². The third-order valence-corrected chi connectivity index (χ3v) is 2.49. The number of rotatable bonds is 5. The van der Waals surface area contributed by atoms with E-state index in [0.29, 0.717) is 12.4 Å². The van der Waals surface area contributed by atoms with E-state index in [-0.39, 0.29) is 11.8 Å². The molecule has 0 radical (unpaired) electrons. The number of aromatic nitrogens is 1. The molecule has 5 nitrogen and oxygen atoms in total. The Morgan fingerprint density at radius 3 is 2.71 bits per heavy atom. The average molecular weight is 237 g/mol. The van der Waals surface area contributed by atoms with Gasteiger partial charge in [0.1, 0.15) is 0 Å². The Morgan fingerprint density at radius 1 is 1.53 bits per heavy atom. The van der Waals surface area contributed by atoms with Crippen molar-refractivity contribution < 1.29 is 9.53 Å². The number of pyridine rings is 1. The fraction of sp³-hybridized carbons (Fsp3) is 0.500. The van der Waals surface area contributed by atoms with Crippen LogP contribution in [0.4, 0.5) is 0 Å². The number of nitrogens with one attached hydrogen (secondary N) is 1. The van der Waals surface area contributed by atoms with Crippen LogP contribution in [0.15, 0.2) is 18.3 Å². The number of carbonyl (C=O) groups excluding carboxylic acids is 1. The van der Waals surface area contributed by atoms with Crippen molar-refractivity contribution in [3.05, 3.63) is 23.9 Å². The second-order valence-electron chi connectivity index (χ2n) is 4.20. The minimum atomic E-state index is -0.471. The van der Waals surface area contributed by atoms with Crippen molar-refractivity contribution in [2.45, 2.75) is 26.4 Å². The van der Waals surface area contributed by atoms with Crippen molar-refractivity contribution in [2.75, 3.05) is 7.11 Å². The van der Waals surface area contributed by atoms with Crippen LogP contribution >= 0.6 is 0 Å². The highest BCUT2D eigenvalue weighted by atomic mass is 16.5. The monoisotopic (exact) mass is 237 g/mol. The molecule has 0 aliphatic heterocycles. The zero-order chi connectivity index (χ0) is 12.8. The predicted octanol–water partition coefficient (Wildman–Crippen LogP) is 0.690. The molecule has 1 heterocycles. The van der Waals surface area contributed by atoms with Gasteiger partial charge in [0.2, 0.25) is 11.8 Å². The van der Waals surface area contributed by atoms with Crippen molar-refractivity contribution in [1.29, 1.82) is 0 Å². The zero-order valence-corrected chi connectivity index (χ0v) is 10.4. The van der Waals surface area contributed by atoms with Gasteiger partial charge in [-0.25, -0.2) is 4.98 Å². The van der Waals surface area contributed by atoms with Crippen molar-refractivity contribution >= 4 is 5.91 Å². The summed E-state index contributed by atoms with van der Waals surface area (Å²) in [6.07, 6.45) is 1.67. The number of hydrogen-bond donors (Lipinski definition) is 2. The van der Waals surface area contributed by atoms with E-state index < -0.39 is 6.04 Å². The molecule has 0 aromatic carbocycles. The molecule has 0 saturated carbocycles. The van der Waals surface area contributed by atoms with Crippen molar-refractivity contribution in [1.82, 2.24) is 10.3 Å². The highest BCUT2D eigenvalue weighted by molar-refractivity contribution is 5.81. The lowest BCUT2D eigenvalue weighted by molar-refractivity contribution is -0.123. The summed E-state index contributed by atoms with van der Waals surface area (Å²) in [6, 6.07) is 3.14. The van der Waals surface area contributed by atoms with Crippen LogP contribution in [-0.4, -0.2) is 24.0 Å². The van der Waals surface area contributed by atoms with Crippen molar-refractivity contribution in [2.24, 2.45) is 11.7 Å². The van der Waals surface area contributed by atoms with E-state index >= 15 is 0 Å². The Morgan fingerprint density at radius 2 is 2.24 bits per heavy atom. The number of nitrogens with two attached hydrogens (primary N) is 1. The molecule has 3 N–H and O–H groups in total. The average Bonchev–Trinajstić information content (AvgIpc) is 2.35. The van der Waals surface area contributed by atoms with E-state index in [1.165, 1.54) is 0 Å². The van der Waals surface area contributed by atoms with E-state index in [9.17, 15) is 4.79 Å². The summed E-state index contributed by atoms with van der Waals surface area (Å²) in [5, 5.41) is 2.77. The minimum Gasteiger partial charge on any atom is -0.481 e. The first kappa shape index (κ1) is 13.4. The molecule has 94 valence electrons. The quantitative estimate of drug-likeness (QED) is 0.790. The topological polar surface area (TPSA) is 77.2 Å². The predicted molar refractivity (Wildman–Crippen MR) is 65.4 cm³/mol. The number of amides is 1. The molecule has 1 rings (SSSR count). The number of ether oxygens (including phenoxy) is 1. The Hall–Kier alpha value is -1.62. The molecule has 0 aliphatic carbocycles. The van der Waals surface area contributed by atoms with Gasteiger partial charge >= 0.3 is 0 Å². The molecule has 1 aromatic rings. The normalized spacial score (nSPS) is 12.3. The van der Waals surface area contributed by atoms with E-state index in [4.69, 9.17) is 10.5 Å². The van der Waals surface area contributed by atoms with E-state index in [0.717, 1.165) is 5.56 Å². The van der Waals surface area contributed by atoms with Gasteiger partial charge in [0.15, 0.2) is 0 Å². The molecule has 1 atom stereocenters. The van der Waals surface area contributed by atoms with Crippen LogP contribution in [0.25, 0.3) is 0 Å². The lowest BCUT2D eigenvalue weighted by Gasteiger charge is -2.15. The van der Waals surface area contributed by atoms with Gasteiger partial charge < -0.3 is 15.8 Å². The number of nitrogens with zero attached hydrogens (tertiary/aromatic N) is 1. The van der Waals surface area contributed by atoms with Crippen LogP contribution in [-0.2, 0) is 11.3 Å². The molecule has 0 saturated heterocycles. The number of carbonyl (C=O) groups is 1. The van der Waals surface area contributed by atoms with E-state index in [1.807, 2.05) is 19.9 Å². The van der Waals surface area contributed by atoms with E-state index in [2.05, 4.69) is 10.3 Å². The summed E-state index contributed by atoms with van der Waals surface area (Å²) >= 11 is 0. The highest BCUT2D eigenvalue weighted by Gasteiger charge is 2.16. The summed E-state index contributed by atoms with van der Waals surface area (Å²) in [4.78, 5) is 15.7. The number of methoxy groups -OCH3 is 1. The van der Waals surface area contributed by atoms with Crippen molar-refractivity contribution in [3.63, 3.8) is 0 Å². The molecule has 0 fully saturated rings. The first-order valence-electron chi connectivity index (χ1n) is 5.56. The number of hydrogen-bond acceptors (Lipinski definition) is 4. The largest absolute Gasteiger partial charge is 0.481 e. The van der Waals surface area contributed by atoms with Crippen LogP contribution < -0.4 is 15.8 Å². The molecular formula is C12H19N3O2. The molecule has 17 heavy (non-hydrogen) atoms. The lowest BCUT2D eigenvalue weighted by Crippen LogP contribution is -2.43. The minimum absolute atomic E-state index is 0.129. The SMILES string of the molecule is COc1ccc(CNC(=O)C(N)C(C)C)cn1. The Bertz CT molecular complexity index is 363. The Labute approximate surface area is 101 Å².